The van der Waals surface area contributed by atoms with E-state index in [-0.39, 0.29) is 10.8 Å². The summed E-state index contributed by atoms with van der Waals surface area (Å²) < 4.78 is 28.2. The summed E-state index contributed by atoms with van der Waals surface area (Å²) in [5.74, 6) is 0.128. The molecule has 0 bridgehead atoms. The van der Waals surface area contributed by atoms with E-state index in [9.17, 15) is 13.2 Å². The van der Waals surface area contributed by atoms with Gasteiger partial charge in [0.1, 0.15) is 0 Å². The number of amides is 1. The third kappa shape index (κ3) is 3.75. The Morgan fingerprint density at radius 3 is 2.42 bits per heavy atom. The SMILES string of the molecule is Cc1ccc(C)c(S(=O)(=O)Nc2ccc(N3CCCCC3=O)c(C)c2)c1. The van der Waals surface area contributed by atoms with Gasteiger partial charge in [0.25, 0.3) is 10.0 Å². The second kappa shape index (κ2) is 7.11. The zero-order valence-corrected chi connectivity index (χ0v) is 16.2. The van der Waals surface area contributed by atoms with Gasteiger partial charge in [-0.15, -0.1) is 0 Å². The number of sulfonamides is 1. The lowest BCUT2D eigenvalue weighted by Gasteiger charge is -2.28. The van der Waals surface area contributed by atoms with E-state index < -0.39 is 10.0 Å². The van der Waals surface area contributed by atoms with Crippen molar-refractivity contribution in [3.8, 4) is 0 Å². The molecule has 0 atom stereocenters. The molecule has 1 saturated heterocycles. The van der Waals surface area contributed by atoms with Crippen molar-refractivity contribution in [3.63, 3.8) is 0 Å². The quantitative estimate of drug-likeness (QED) is 0.884. The van der Waals surface area contributed by atoms with Crippen molar-refractivity contribution in [2.75, 3.05) is 16.2 Å². The standard InChI is InChI=1S/C20H24N2O3S/c1-14-7-8-15(2)19(12-14)26(24,25)21-17-9-10-18(16(3)13-17)22-11-5-4-6-20(22)23/h7-10,12-13,21H,4-6,11H2,1-3H3. The van der Waals surface area contributed by atoms with E-state index in [1.807, 2.05) is 26.0 Å². The molecule has 5 nitrogen and oxygen atoms in total. The lowest BCUT2D eigenvalue weighted by molar-refractivity contribution is -0.119. The molecule has 0 unspecified atom stereocenters. The van der Waals surface area contributed by atoms with E-state index in [4.69, 9.17) is 0 Å². The molecule has 6 heteroatoms. The van der Waals surface area contributed by atoms with Gasteiger partial charge in [-0.1, -0.05) is 12.1 Å². The lowest BCUT2D eigenvalue weighted by atomic mass is 10.1. The Morgan fingerprint density at radius 1 is 0.962 bits per heavy atom. The molecule has 0 aliphatic carbocycles. The predicted octanol–water partition coefficient (Wildman–Crippen LogP) is 3.93. The molecule has 1 heterocycles. The second-order valence-corrected chi connectivity index (χ2v) is 8.53. The van der Waals surface area contributed by atoms with Gasteiger partial charge in [-0.2, -0.15) is 0 Å². The molecular formula is C20H24N2O3S. The minimum Gasteiger partial charge on any atom is -0.312 e. The normalized spacial score (nSPS) is 15.2. The van der Waals surface area contributed by atoms with Crippen molar-refractivity contribution in [2.45, 2.75) is 44.9 Å². The van der Waals surface area contributed by atoms with E-state index in [0.29, 0.717) is 24.2 Å². The summed E-state index contributed by atoms with van der Waals surface area (Å²) in [4.78, 5) is 14.2. The van der Waals surface area contributed by atoms with Gasteiger partial charge in [-0.05, 0) is 74.6 Å². The summed E-state index contributed by atoms with van der Waals surface area (Å²) in [7, 11) is -3.66. The maximum atomic E-state index is 12.7. The molecule has 0 radical (unpaired) electrons. The highest BCUT2D eigenvalue weighted by atomic mass is 32.2. The summed E-state index contributed by atoms with van der Waals surface area (Å²) >= 11 is 0. The summed E-state index contributed by atoms with van der Waals surface area (Å²) in [5, 5.41) is 0. The number of carbonyl (C=O) groups excluding carboxylic acids is 1. The fourth-order valence-corrected chi connectivity index (χ4v) is 4.67. The monoisotopic (exact) mass is 372 g/mol. The molecule has 0 spiro atoms. The molecule has 0 aromatic heterocycles. The first-order valence-electron chi connectivity index (χ1n) is 8.79. The van der Waals surface area contributed by atoms with Gasteiger partial charge >= 0.3 is 0 Å². The number of hydrogen-bond acceptors (Lipinski definition) is 3. The van der Waals surface area contributed by atoms with Crippen molar-refractivity contribution in [1.29, 1.82) is 0 Å². The van der Waals surface area contributed by atoms with E-state index in [1.165, 1.54) is 0 Å². The predicted molar refractivity (Wildman–Crippen MR) is 104 cm³/mol. The van der Waals surface area contributed by atoms with E-state index in [1.54, 1.807) is 36.1 Å². The van der Waals surface area contributed by atoms with E-state index in [2.05, 4.69) is 4.72 Å². The van der Waals surface area contributed by atoms with Gasteiger partial charge in [0.2, 0.25) is 5.91 Å². The van der Waals surface area contributed by atoms with E-state index in [0.717, 1.165) is 29.7 Å². The number of rotatable bonds is 4. The van der Waals surface area contributed by atoms with Crippen LogP contribution >= 0.6 is 0 Å². The molecule has 2 aromatic carbocycles. The van der Waals surface area contributed by atoms with Crippen molar-refractivity contribution in [3.05, 3.63) is 53.1 Å². The van der Waals surface area contributed by atoms with Crippen molar-refractivity contribution in [2.24, 2.45) is 0 Å². The summed E-state index contributed by atoms with van der Waals surface area (Å²) in [5.41, 5.74) is 3.82. The molecule has 1 aliphatic heterocycles. The van der Waals surface area contributed by atoms with Gasteiger partial charge in [-0.3, -0.25) is 9.52 Å². The van der Waals surface area contributed by atoms with Crippen LogP contribution in [0.25, 0.3) is 0 Å². The number of anilines is 2. The molecule has 26 heavy (non-hydrogen) atoms. The molecule has 138 valence electrons. The van der Waals surface area contributed by atoms with Crippen LogP contribution in [0.1, 0.15) is 36.0 Å². The van der Waals surface area contributed by atoms with Crippen LogP contribution in [0, 0.1) is 20.8 Å². The Hall–Kier alpha value is -2.34. The van der Waals surface area contributed by atoms with Crippen LogP contribution in [0.2, 0.25) is 0 Å². The molecular weight excluding hydrogens is 348 g/mol. The summed E-state index contributed by atoms with van der Waals surface area (Å²) in [6, 6.07) is 10.7. The maximum Gasteiger partial charge on any atom is 0.262 e. The maximum absolute atomic E-state index is 12.7. The smallest absolute Gasteiger partial charge is 0.262 e. The van der Waals surface area contributed by atoms with Crippen molar-refractivity contribution >= 4 is 27.3 Å². The average molecular weight is 372 g/mol. The van der Waals surface area contributed by atoms with Gasteiger partial charge in [-0.25, -0.2) is 8.42 Å². The Labute approximate surface area is 155 Å². The number of carbonyl (C=O) groups is 1. The van der Waals surface area contributed by atoms with Crippen LogP contribution in [0.4, 0.5) is 11.4 Å². The zero-order valence-electron chi connectivity index (χ0n) is 15.4. The summed E-state index contributed by atoms with van der Waals surface area (Å²) in [6.07, 6.45) is 2.49. The number of benzene rings is 2. The van der Waals surface area contributed by atoms with Gasteiger partial charge < -0.3 is 4.90 Å². The van der Waals surface area contributed by atoms with Crippen LogP contribution in [0.5, 0.6) is 0 Å². The highest BCUT2D eigenvalue weighted by Crippen LogP contribution is 2.28. The number of nitrogens with zero attached hydrogens (tertiary/aromatic N) is 1. The summed E-state index contributed by atoms with van der Waals surface area (Å²) in [6.45, 7) is 6.26. The lowest BCUT2D eigenvalue weighted by Crippen LogP contribution is -2.35. The van der Waals surface area contributed by atoms with Gasteiger partial charge in [0.15, 0.2) is 0 Å². The molecule has 2 aromatic rings. The molecule has 3 rings (SSSR count). The highest BCUT2D eigenvalue weighted by Gasteiger charge is 2.22. The van der Waals surface area contributed by atoms with E-state index >= 15 is 0 Å². The number of piperidine rings is 1. The van der Waals surface area contributed by atoms with Crippen LogP contribution in [-0.4, -0.2) is 20.9 Å². The fourth-order valence-electron chi connectivity index (χ4n) is 3.29. The molecule has 1 aliphatic rings. The van der Waals surface area contributed by atoms with Gasteiger partial charge in [0, 0.05) is 24.3 Å². The van der Waals surface area contributed by atoms with Crippen molar-refractivity contribution < 1.29 is 13.2 Å². The first-order valence-corrected chi connectivity index (χ1v) is 10.3. The largest absolute Gasteiger partial charge is 0.312 e. The molecule has 1 N–H and O–H groups in total. The average Bonchev–Trinajstić information content (AvgIpc) is 2.58. The Balaban J connectivity index is 1.87. The first kappa shape index (κ1) is 18.5. The Bertz CT molecular complexity index is 952. The third-order valence-electron chi connectivity index (χ3n) is 4.70. The van der Waals surface area contributed by atoms with Crippen LogP contribution in [0.3, 0.4) is 0 Å². The van der Waals surface area contributed by atoms with Crippen LogP contribution < -0.4 is 9.62 Å². The topological polar surface area (TPSA) is 66.5 Å². The number of aryl methyl sites for hydroxylation is 3. The molecule has 1 fully saturated rings. The minimum atomic E-state index is -3.66. The van der Waals surface area contributed by atoms with Crippen LogP contribution in [0.15, 0.2) is 41.3 Å². The molecule has 1 amide bonds. The third-order valence-corrected chi connectivity index (χ3v) is 6.22. The molecule has 0 saturated carbocycles. The second-order valence-electron chi connectivity index (χ2n) is 6.88. The number of nitrogens with one attached hydrogen (secondary N) is 1. The highest BCUT2D eigenvalue weighted by molar-refractivity contribution is 7.92. The van der Waals surface area contributed by atoms with Crippen LogP contribution in [-0.2, 0) is 14.8 Å². The fraction of sp³-hybridized carbons (Fsp3) is 0.350. The van der Waals surface area contributed by atoms with Gasteiger partial charge in [0.05, 0.1) is 4.90 Å². The Morgan fingerprint density at radius 2 is 1.73 bits per heavy atom. The number of hydrogen-bond donors (Lipinski definition) is 1. The first-order chi connectivity index (χ1) is 12.3. The Kier molecular flexibility index (Phi) is 5.05. The minimum absolute atomic E-state index is 0.128. The zero-order chi connectivity index (χ0) is 18.9. The van der Waals surface area contributed by atoms with Crippen molar-refractivity contribution in [1.82, 2.24) is 0 Å².